The standard InChI is InChI=1S/C12H15BrF2S/c1-8(2)5-6-16-7-9-11(14)4-3-10(13)12(9)15/h3-4,8H,5-7H2,1-2H3. The predicted molar refractivity (Wildman–Crippen MR) is 69.7 cm³/mol. The van der Waals surface area contributed by atoms with Gasteiger partial charge in [0.25, 0.3) is 0 Å². The van der Waals surface area contributed by atoms with Gasteiger partial charge in [0.2, 0.25) is 0 Å². The zero-order valence-electron chi connectivity index (χ0n) is 9.40. The fourth-order valence-electron chi connectivity index (χ4n) is 1.19. The van der Waals surface area contributed by atoms with E-state index < -0.39 is 11.6 Å². The molecule has 0 aromatic heterocycles. The Kier molecular flexibility index (Phi) is 5.76. The van der Waals surface area contributed by atoms with Crippen LogP contribution in [0.3, 0.4) is 0 Å². The van der Waals surface area contributed by atoms with Crippen molar-refractivity contribution in [3.05, 3.63) is 33.8 Å². The third-order valence-electron chi connectivity index (χ3n) is 2.22. The first-order chi connectivity index (χ1) is 7.52. The Morgan fingerprint density at radius 3 is 2.62 bits per heavy atom. The van der Waals surface area contributed by atoms with E-state index in [1.165, 1.54) is 12.1 Å². The Morgan fingerprint density at radius 2 is 2.00 bits per heavy atom. The summed E-state index contributed by atoms with van der Waals surface area (Å²) in [4.78, 5) is 0. The van der Waals surface area contributed by atoms with E-state index in [0.717, 1.165) is 12.2 Å². The van der Waals surface area contributed by atoms with Crippen LogP contribution in [0.4, 0.5) is 8.78 Å². The van der Waals surface area contributed by atoms with Crippen LogP contribution in [0.25, 0.3) is 0 Å². The van der Waals surface area contributed by atoms with Crippen LogP contribution in [0, 0.1) is 17.6 Å². The molecule has 0 radical (unpaired) electrons. The van der Waals surface area contributed by atoms with E-state index in [0.29, 0.717) is 16.1 Å². The highest BCUT2D eigenvalue weighted by Crippen LogP contribution is 2.25. The van der Waals surface area contributed by atoms with Gasteiger partial charge in [-0.15, -0.1) is 0 Å². The second-order valence-electron chi connectivity index (χ2n) is 4.06. The van der Waals surface area contributed by atoms with Crippen molar-refractivity contribution in [3.63, 3.8) is 0 Å². The molecule has 1 aromatic rings. The molecule has 0 bridgehead atoms. The summed E-state index contributed by atoms with van der Waals surface area (Å²) in [6.45, 7) is 4.28. The Hall–Kier alpha value is -0.0900. The molecule has 0 aliphatic rings. The van der Waals surface area contributed by atoms with Gasteiger partial charge in [0.05, 0.1) is 4.47 Å². The number of thioether (sulfide) groups is 1. The lowest BCUT2D eigenvalue weighted by atomic mass is 10.2. The minimum atomic E-state index is -0.475. The summed E-state index contributed by atoms with van der Waals surface area (Å²) < 4.78 is 27.2. The van der Waals surface area contributed by atoms with Crippen molar-refractivity contribution in [2.45, 2.75) is 26.0 Å². The van der Waals surface area contributed by atoms with Crippen LogP contribution >= 0.6 is 27.7 Å². The Bertz CT molecular complexity index is 353. The Labute approximate surface area is 108 Å². The van der Waals surface area contributed by atoms with Crippen LogP contribution in [0.15, 0.2) is 16.6 Å². The van der Waals surface area contributed by atoms with Crippen LogP contribution in [0.5, 0.6) is 0 Å². The molecule has 90 valence electrons. The zero-order chi connectivity index (χ0) is 12.1. The van der Waals surface area contributed by atoms with E-state index in [9.17, 15) is 8.78 Å². The van der Waals surface area contributed by atoms with Gasteiger partial charge in [0, 0.05) is 11.3 Å². The van der Waals surface area contributed by atoms with Gasteiger partial charge < -0.3 is 0 Å². The first-order valence-corrected chi connectivity index (χ1v) is 7.17. The first-order valence-electron chi connectivity index (χ1n) is 5.22. The molecule has 4 heteroatoms. The number of hydrogen-bond donors (Lipinski definition) is 0. The van der Waals surface area contributed by atoms with Gasteiger partial charge in [-0.2, -0.15) is 11.8 Å². The molecule has 0 aliphatic carbocycles. The predicted octanol–water partition coefficient (Wildman–Crippen LogP) is 5.01. The maximum Gasteiger partial charge on any atom is 0.144 e. The number of halogens is 3. The van der Waals surface area contributed by atoms with E-state index in [1.54, 1.807) is 11.8 Å². The molecule has 1 rings (SSSR count). The average molecular weight is 309 g/mol. The Balaban J connectivity index is 2.56. The zero-order valence-corrected chi connectivity index (χ0v) is 11.8. The van der Waals surface area contributed by atoms with Crippen molar-refractivity contribution < 1.29 is 8.78 Å². The van der Waals surface area contributed by atoms with Crippen LogP contribution in [-0.4, -0.2) is 5.75 Å². The van der Waals surface area contributed by atoms with E-state index in [2.05, 4.69) is 29.8 Å². The summed E-state index contributed by atoms with van der Waals surface area (Å²) in [5.74, 6) is 1.02. The van der Waals surface area contributed by atoms with Gasteiger partial charge in [-0.25, -0.2) is 8.78 Å². The maximum absolute atomic E-state index is 13.5. The van der Waals surface area contributed by atoms with Gasteiger partial charge >= 0.3 is 0 Å². The first kappa shape index (κ1) is 14.0. The molecule has 0 atom stereocenters. The third-order valence-corrected chi connectivity index (χ3v) is 3.85. The van der Waals surface area contributed by atoms with Crippen LogP contribution in [0.2, 0.25) is 0 Å². The van der Waals surface area contributed by atoms with Crippen molar-refractivity contribution in [1.29, 1.82) is 0 Å². The third kappa shape index (κ3) is 4.06. The molecule has 0 heterocycles. The molecule has 0 amide bonds. The van der Waals surface area contributed by atoms with Gasteiger partial charge in [-0.05, 0) is 46.2 Å². The summed E-state index contributed by atoms with van der Waals surface area (Å²) in [6.07, 6.45) is 1.07. The molecular formula is C12H15BrF2S. The van der Waals surface area contributed by atoms with Crippen molar-refractivity contribution in [3.8, 4) is 0 Å². The van der Waals surface area contributed by atoms with Crippen LogP contribution < -0.4 is 0 Å². The second kappa shape index (κ2) is 6.60. The van der Waals surface area contributed by atoms with Crippen LogP contribution in [0.1, 0.15) is 25.8 Å². The summed E-state index contributed by atoms with van der Waals surface area (Å²) in [6, 6.07) is 2.69. The van der Waals surface area contributed by atoms with E-state index in [-0.39, 0.29) is 5.56 Å². The van der Waals surface area contributed by atoms with E-state index in [1.807, 2.05) is 0 Å². The minimum Gasteiger partial charge on any atom is -0.207 e. The molecule has 1 aromatic carbocycles. The molecule has 0 aliphatic heterocycles. The average Bonchev–Trinajstić information content (AvgIpc) is 2.22. The molecule has 16 heavy (non-hydrogen) atoms. The lowest BCUT2D eigenvalue weighted by molar-refractivity contribution is 0.562. The van der Waals surface area contributed by atoms with Crippen molar-refractivity contribution in [2.75, 3.05) is 5.75 Å². The SMILES string of the molecule is CC(C)CCSCc1c(F)ccc(Br)c1F. The topological polar surface area (TPSA) is 0 Å². The molecule has 0 nitrogen and oxygen atoms in total. The van der Waals surface area contributed by atoms with Gasteiger partial charge in [-0.1, -0.05) is 13.8 Å². The van der Waals surface area contributed by atoms with Gasteiger partial charge in [0.15, 0.2) is 0 Å². The summed E-state index contributed by atoms with van der Waals surface area (Å²) in [5.41, 5.74) is 0.170. The quantitative estimate of drug-likeness (QED) is 0.544. The fraction of sp³-hybridized carbons (Fsp3) is 0.500. The molecule has 0 saturated carbocycles. The largest absolute Gasteiger partial charge is 0.207 e. The summed E-state index contributed by atoms with van der Waals surface area (Å²) in [7, 11) is 0. The molecular weight excluding hydrogens is 294 g/mol. The van der Waals surface area contributed by atoms with E-state index in [4.69, 9.17) is 0 Å². The number of rotatable bonds is 5. The molecule has 0 saturated heterocycles. The molecule has 0 fully saturated rings. The second-order valence-corrected chi connectivity index (χ2v) is 6.02. The lowest BCUT2D eigenvalue weighted by Gasteiger charge is -2.07. The van der Waals surface area contributed by atoms with Gasteiger partial charge in [0.1, 0.15) is 11.6 Å². The normalized spacial score (nSPS) is 11.1. The number of benzene rings is 1. The monoisotopic (exact) mass is 308 g/mol. The fourth-order valence-corrected chi connectivity index (χ4v) is 2.82. The minimum absolute atomic E-state index is 0.170. The summed E-state index contributed by atoms with van der Waals surface area (Å²) >= 11 is 4.63. The molecule has 0 N–H and O–H groups in total. The van der Waals surface area contributed by atoms with Gasteiger partial charge in [-0.3, -0.25) is 0 Å². The lowest BCUT2D eigenvalue weighted by Crippen LogP contribution is -1.96. The molecule has 0 unspecified atom stereocenters. The molecule has 0 spiro atoms. The summed E-state index contributed by atoms with van der Waals surface area (Å²) in [5, 5.41) is 0. The highest BCUT2D eigenvalue weighted by atomic mass is 79.9. The van der Waals surface area contributed by atoms with Crippen molar-refractivity contribution in [1.82, 2.24) is 0 Å². The van der Waals surface area contributed by atoms with Crippen molar-refractivity contribution in [2.24, 2.45) is 5.92 Å². The van der Waals surface area contributed by atoms with E-state index >= 15 is 0 Å². The highest BCUT2D eigenvalue weighted by Gasteiger charge is 2.11. The number of hydrogen-bond acceptors (Lipinski definition) is 1. The van der Waals surface area contributed by atoms with Crippen molar-refractivity contribution >= 4 is 27.7 Å². The van der Waals surface area contributed by atoms with Crippen LogP contribution in [-0.2, 0) is 5.75 Å². The maximum atomic E-state index is 13.5. The smallest absolute Gasteiger partial charge is 0.144 e. The highest BCUT2D eigenvalue weighted by molar-refractivity contribution is 9.10. The Morgan fingerprint density at radius 1 is 1.31 bits per heavy atom.